The zero-order valence-corrected chi connectivity index (χ0v) is 28.6. The molecule has 0 saturated carbocycles. The molecule has 0 bridgehead atoms. The van der Waals surface area contributed by atoms with Gasteiger partial charge in [-0.15, -0.1) is 0 Å². The number of nitrogen functional groups attached to an aromatic ring is 1. The summed E-state index contributed by atoms with van der Waals surface area (Å²) in [4.78, 5) is 41.7. The molecule has 2 saturated heterocycles. The van der Waals surface area contributed by atoms with Crippen molar-refractivity contribution in [2.24, 2.45) is 5.41 Å². The van der Waals surface area contributed by atoms with Crippen LogP contribution >= 0.6 is 11.6 Å². The van der Waals surface area contributed by atoms with Crippen LogP contribution in [0.4, 0.5) is 29.9 Å². The number of aryl methyl sites for hydroxylation is 1. The average Bonchev–Trinajstić information content (AvgIpc) is 3.70. The lowest BCUT2D eigenvalue weighted by Gasteiger charge is -2.39. The second-order valence-corrected chi connectivity index (χ2v) is 13.0. The molecule has 2 N–H and O–H groups in total. The van der Waals surface area contributed by atoms with Gasteiger partial charge in [-0.25, -0.2) is 14.3 Å². The van der Waals surface area contributed by atoms with Crippen molar-refractivity contribution in [1.29, 1.82) is 0 Å². The number of alkyl halides is 3. The molecule has 270 valence electrons. The molecule has 4 heterocycles. The second-order valence-electron chi connectivity index (χ2n) is 12.5. The average molecular weight is 729 g/mol. The zero-order valence-electron chi connectivity index (χ0n) is 27.8. The van der Waals surface area contributed by atoms with Crippen LogP contribution in [0.2, 0.25) is 5.02 Å². The molecular weight excluding hydrogens is 693 g/mol. The Bertz CT molecular complexity index is 1870. The van der Waals surface area contributed by atoms with E-state index in [2.05, 4.69) is 20.1 Å². The summed E-state index contributed by atoms with van der Waals surface area (Å²) in [5.74, 6) is -0.802. The number of nitrogens with two attached hydrogens (primary N) is 1. The number of halogens is 4. The number of benzene rings is 2. The first kappa shape index (κ1) is 35.7. The van der Waals surface area contributed by atoms with E-state index in [1.54, 1.807) is 24.8 Å². The normalized spacial score (nSPS) is 17.7. The number of rotatable bonds is 9. The Kier molecular flexibility index (Phi) is 10.2. The largest absolute Gasteiger partial charge is 0.464 e. The first-order valence-electron chi connectivity index (χ1n) is 16.3. The maximum atomic E-state index is 14.6. The van der Waals surface area contributed by atoms with E-state index in [4.69, 9.17) is 31.5 Å². The van der Waals surface area contributed by atoms with Crippen LogP contribution in [0.3, 0.4) is 0 Å². The van der Waals surface area contributed by atoms with Crippen molar-refractivity contribution in [1.82, 2.24) is 29.6 Å². The summed E-state index contributed by atoms with van der Waals surface area (Å²) in [6.45, 7) is 4.59. The zero-order chi connectivity index (χ0) is 36.3. The highest BCUT2D eigenvalue weighted by molar-refractivity contribution is 6.30. The van der Waals surface area contributed by atoms with Crippen molar-refractivity contribution in [2.75, 3.05) is 36.9 Å². The number of hydrogen-bond acceptors (Lipinski definition) is 11. The van der Waals surface area contributed by atoms with Gasteiger partial charge in [0.1, 0.15) is 12.6 Å². The first-order valence-corrected chi connectivity index (χ1v) is 16.7. The van der Waals surface area contributed by atoms with Gasteiger partial charge in [0.25, 0.3) is 0 Å². The van der Waals surface area contributed by atoms with E-state index >= 15 is 0 Å². The highest BCUT2D eigenvalue weighted by atomic mass is 35.5. The minimum atomic E-state index is -4.89. The lowest BCUT2D eigenvalue weighted by Crippen LogP contribution is -2.44. The Balaban J connectivity index is 1.19. The van der Waals surface area contributed by atoms with E-state index < -0.39 is 41.8 Å². The minimum absolute atomic E-state index is 0.0337. The van der Waals surface area contributed by atoms with Gasteiger partial charge in [0, 0.05) is 36.4 Å². The van der Waals surface area contributed by atoms with Gasteiger partial charge in [-0.1, -0.05) is 48.0 Å². The molecule has 2 aromatic carbocycles. The van der Waals surface area contributed by atoms with Crippen molar-refractivity contribution in [3.05, 3.63) is 82.6 Å². The molecule has 1 unspecified atom stereocenters. The number of anilines is 2. The molecule has 1 amide bonds. The Morgan fingerprint density at radius 1 is 1.06 bits per heavy atom. The molecule has 51 heavy (non-hydrogen) atoms. The number of likely N-dealkylation sites (tertiary alicyclic amines) is 1. The van der Waals surface area contributed by atoms with E-state index in [1.165, 1.54) is 34.0 Å². The molecule has 2 fully saturated rings. The SMILES string of the molecule is CCOC(=O)C1CC2(CCN(c3nc(N)nc(O[C@H](c4ccc(Cl)cc4-n4ccc(C)n4)C(F)(F)F)n3)CC2)CN1C(=O)OCc1ccccc1. The van der Waals surface area contributed by atoms with Gasteiger partial charge in [0.15, 0.2) is 0 Å². The first-order chi connectivity index (χ1) is 24.3. The minimum Gasteiger partial charge on any atom is -0.464 e. The Hall–Kier alpha value is -5.12. The highest BCUT2D eigenvalue weighted by Crippen LogP contribution is 2.45. The quantitative estimate of drug-likeness (QED) is 0.207. The highest BCUT2D eigenvalue weighted by Gasteiger charge is 2.51. The van der Waals surface area contributed by atoms with Gasteiger partial charge in [-0.3, -0.25) is 4.90 Å². The summed E-state index contributed by atoms with van der Waals surface area (Å²) in [5, 5.41) is 4.45. The molecule has 0 aliphatic carbocycles. The third-order valence-corrected chi connectivity index (χ3v) is 9.23. The van der Waals surface area contributed by atoms with Gasteiger partial charge in [0.2, 0.25) is 18.0 Å². The number of esters is 1. The molecule has 17 heteroatoms. The summed E-state index contributed by atoms with van der Waals surface area (Å²) < 4.78 is 61.4. The topological polar surface area (TPSA) is 151 Å². The van der Waals surface area contributed by atoms with Crippen LogP contribution in [0.1, 0.15) is 49.1 Å². The maximum absolute atomic E-state index is 14.6. The fourth-order valence-electron chi connectivity index (χ4n) is 6.50. The van der Waals surface area contributed by atoms with Crippen LogP contribution in [0.5, 0.6) is 6.01 Å². The van der Waals surface area contributed by atoms with Gasteiger partial charge < -0.3 is 24.8 Å². The lowest BCUT2D eigenvalue weighted by atomic mass is 9.76. The van der Waals surface area contributed by atoms with Crippen LogP contribution in [0.15, 0.2) is 60.8 Å². The maximum Gasteiger partial charge on any atom is 0.429 e. The lowest BCUT2D eigenvalue weighted by molar-refractivity contribution is -0.199. The summed E-state index contributed by atoms with van der Waals surface area (Å²) in [5.41, 5.74) is 6.71. The molecule has 13 nitrogen and oxygen atoms in total. The number of carbonyl (C=O) groups excluding carboxylic acids is 2. The number of aromatic nitrogens is 5. The Morgan fingerprint density at radius 2 is 1.80 bits per heavy atom. The van der Waals surface area contributed by atoms with Crippen LogP contribution < -0.4 is 15.4 Å². The molecule has 4 aromatic rings. The van der Waals surface area contributed by atoms with Crippen molar-refractivity contribution >= 4 is 35.6 Å². The summed E-state index contributed by atoms with van der Waals surface area (Å²) in [6.07, 6.45) is -5.11. The summed E-state index contributed by atoms with van der Waals surface area (Å²) in [7, 11) is 0. The monoisotopic (exact) mass is 728 g/mol. The van der Waals surface area contributed by atoms with Gasteiger partial charge in [0.05, 0.1) is 18.0 Å². The number of piperidine rings is 1. The van der Waals surface area contributed by atoms with Crippen molar-refractivity contribution in [3.8, 4) is 11.7 Å². The number of amides is 1. The number of hydrogen-bond donors (Lipinski definition) is 1. The second kappa shape index (κ2) is 14.6. The number of nitrogens with zero attached hydrogens (tertiary/aromatic N) is 7. The van der Waals surface area contributed by atoms with Crippen molar-refractivity contribution < 1.29 is 37.0 Å². The molecular formula is C34H36ClF3N8O5. The van der Waals surface area contributed by atoms with Crippen LogP contribution in [0.25, 0.3) is 5.69 Å². The van der Waals surface area contributed by atoms with E-state index in [0.717, 1.165) is 5.56 Å². The molecule has 0 radical (unpaired) electrons. The van der Waals surface area contributed by atoms with Gasteiger partial charge in [-0.2, -0.15) is 33.2 Å². The van der Waals surface area contributed by atoms with E-state index in [0.29, 0.717) is 38.0 Å². The number of carbonyl (C=O) groups is 2. The molecule has 2 atom stereocenters. The predicted octanol–water partition coefficient (Wildman–Crippen LogP) is 5.84. The van der Waals surface area contributed by atoms with Crippen LogP contribution in [-0.2, 0) is 20.9 Å². The Labute approximate surface area is 296 Å². The molecule has 2 aliphatic heterocycles. The fraction of sp³-hybridized carbons (Fsp3) is 0.412. The smallest absolute Gasteiger partial charge is 0.429 e. The van der Waals surface area contributed by atoms with Crippen LogP contribution in [0, 0.1) is 12.3 Å². The molecule has 6 rings (SSSR count). The Morgan fingerprint density at radius 3 is 2.47 bits per heavy atom. The third-order valence-electron chi connectivity index (χ3n) is 9.00. The van der Waals surface area contributed by atoms with Crippen LogP contribution in [-0.4, -0.2) is 80.2 Å². The molecule has 1 spiro atoms. The van der Waals surface area contributed by atoms with Gasteiger partial charge in [-0.05, 0) is 62.3 Å². The van der Waals surface area contributed by atoms with E-state index in [9.17, 15) is 22.8 Å². The molecule has 2 aromatic heterocycles. The van der Waals surface area contributed by atoms with Crippen molar-refractivity contribution in [2.45, 2.75) is 58.0 Å². The van der Waals surface area contributed by atoms with Crippen molar-refractivity contribution in [3.63, 3.8) is 0 Å². The van der Waals surface area contributed by atoms with E-state index in [1.807, 2.05) is 30.3 Å². The summed E-state index contributed by atoms with van der Waals surface area (Å²) in [6, 6.07) is 13.3. The fourth-order valence-corrected chi connectivity index (χ4v) is 6.66. The standard InChI is InChI=1S/C34H36ClF3N8O5/c1-3-49-28(47)26-18-33(20-45(26)32(48)50-19-22-7-5-4-6-8-22)12-15-44(16-13-33)30-40-29(39)41-31(42-30)51-27(34(36,37)38)24-10-9-23(35)17-25(24)46-14-11-21(2)43-46/h4-11,14,17,26-27H,3,12-13,15-16,18-20H2,1-2H3,(H2,39,40,41,42)/t26?,27-/m1/s1. The van der Waals surface area contributed by atoms with Gasteiger partial charge >= 0.3 is 24.2 Å². The predicted molar refractivity (Wildman–Crippen MR) is 179 cm³/mol. The summed E-state index contributed by atoms with van der Waals surface area (Å²) >= 11 is 6.16. The van der Waals surface area contributed by atoms with E-state index in [-0.39, 0.29) is 47.9 Å². The third kappa shape index (κ3) is 8.11. The molecule has 2 aliphatic rings. The number of ether oxygens (including phenoxy) is 3.